The average molecular weight is 551 g/mol. The van der Waals surface area contributed by atoms with E-state index in [-0.39, 0.29) is 29.5 Å². The molecule has 0 radical (unpaired) electrons. The number of carbonyl (C=O) groups is 2. The maximum absolute atomic E-state index is 12.8. The number of hydrogen-bond acceptors (Lipinski definition) is 5. The summed E-state index contributed by atoms with van der Waals surface area (Å²) in [6.07, 6.45) is 0. The molecule has 3 aromatic rings. The van der Waals surface area contributed by atoms with Crippen molar-refractivity contribution in [3.8, 4) is 0 Å². The number of hydrogen-bond donors (Lipinski definition) is 2. The Morgan fingerprint density at radius 3 is 2.58 bits per heavy atom. The highest BCUT2D eigenvalue weighted by Crippen LogP contribution is 2.26. The molecule has 0 saturated carbocycles. The maximum Gasteiger partial charge on any atom is 0.253 e. The molecule has 3 rings (SSSR count). The fourth-order valence-electron chi connectivity index (χ4n) is 3.17. The normalized spacial score (nSPS) is 12.0. The molecule has 0 bridgehead atoms. The van der Waals surface area contributed by atoms with Crippen LogP contribution in [0.1, 0.15) is 41.6 Å². The molecule has 174 valence electrons. The van der Waals surface area contributed by atoms with Gasteiger partial charge >= 0.3 is 0 Å². The first kappa shape index (κ1) is 25.3. The molecule has 2 aromatic carbocycles. The van der Waals surface area contributed by atoms with Crippen LogP contribution < -0.4 is 10.6 Å². The second kappa shape index (κ2) is 11.2. The summed E-state index contributed by atoms with van der Waals surface area (Å²) in [7, 11) is 1.82. The second-order valence-electron chi connectivity index (χ2n) is 7.88. The number of halogens is 2. The lowest BCUT2D eigenvalue weighted by molar-refractivity contribution is -0.113. The Labute approximate surface area is 210 Å². The molecule has 0 aliphatic rings. The number of benzene rings is 2. The zero-order valence-electron chi connectivity index (χ0n) is 18.7. The first-order valence-electron chi connectivity index (χ1n) is 10.3. The summed E-state index contributed by atoms with van der Waals surface area (Å²) in [5.41, 5.74) is 2.18. The topological polar surface area (TPSA) is 88.9 Å². The number of nitrogens with one attached hydrogen (secondary N) is 2. The third-order valence-corrected chi connectivity index (χ3v) is 7.23. The van der Waals surface area contributed by atoms with E-state index in [2.05, 4.69) is 36.8 Å². The molecular formula is C23H25BrClN5O2S. The monoisotopic (exact) mass is 549 g/mol. The summed E-state index contributed by atoms with van der Waals surface area (Å²) >= 11 is 10.9. The van der Waals surface area contributed by atoms with E-state index in [1.165, 1.54) is 11.8 Å². The van der Waals surface area contributed by atoms with E-state index in [0.29, 0.717) is 21.6 Å². The summed E-state index contributed by atoms with van der Waals surface area (Å²) < 4.78 is 2.79. The minimum absolute atomic E-state index is 0.0566. The van der Waals surface area contributed by atoms with E-state index in [4.69, 9.17) is 11.6 Å². The van der Waals surface area contributed by atoms with Gasteiger partial charge in [-0.15, -0.1) is 10.2 Å². The van der Waals surface area contributed by atoms with Gasteiger partial charge in [0.2, 0.25) is 5.91 Å². The third kappa shape index (κ3) is 6.37. The number of anilines is 1. The number of amides is 2. The highest BCUT2D eigenvalue weighted by molar-refractivity contribution is 9.10. The Hall–Kier alpha value is -2.36. The quantitative estimate of drug-likeness (QED) is 0.367. The van der Waals surface area contributed by atoms with Gasteiger partial charge in [-0.1, -0.05) is 65.3 Å². The molecule has 0 saturated heterocycles. The Kier molecular flexibility index (Phi) is 8.56. The van der Waals surface area contributed by atoms with Crippen LogP contribution in [0.2, 0.25) is 5.02 Å². The predicted molar refractivity (Wildman–Crippen MR) is 136 cm³/mol. The zero-order chi connectivity index (χ0) is 24.1. The fourth-order valence-corrected chi connectivity index (χ4v) is 4.35. The van der Waals surface area contributed by atoms with Gasteiger partial charge in [-0.25, -0.2) is 0 Å². The molecular weight excluding hydrogens is 526 g/mol. The SMILES string of the molecule is Cc1cc(NC(=O)CSc2nnc([C@@H](NC(=O)c3ccccc3Cl)C(C)C)n2C)ccc1Br. The van der Waals surface area contributed by atoms with E-state index in [0.717, 1.165) is 15.7 Å². The van der Waals surface area contributed by atoms with Crippen molar-refractivity contribution in [1.29, 1.82) is 0 Å². The predicted octanol–water partition coefficient (Wildman–Crippen LogP) is 5.40. The van der Waals surface area contributed by atoms with E-state index in [1.54, 1.807) is 28.8 Å². The van der Waals surface area contributed by atoms with Crippen molar-refractivity contribution in [3.05, 3.63) is 68.9 Å². The summed E-state index contributed by atoms with van der Waals surface area (Å²) in [5.74, 6) is 0.428. The van der Waals surface area contributed by atoms with Crippen LogP contribution in [0.15, 0.2) is 52.1 Å². The molecule has 0 aliphatic heterocycles. The Bertz CT molecular complexity index is 1170. The number of nitrogens with zero attached hydrogens (tertiary/aromatic N) is 3. The lowest BCUT2D eigenvalue weighted by Crippen LogP contribution is -2.33. The van der Waals surface area contributed by atoms with Gasteiger partial charge in [0.15, 0.2) is 11.0 Å². The van der Waals surface area contributed by atoms with Gasteiger partial charge in [-0.3, -0.25) is 9.59 Å². The number of carbonyl (C=O) groups excluding carboxylic acids is 2. The minimum Gasteiger partial charge on any atom is -0.342 e. The van der Waals surface area contributed by atoms with Crippen LogP contribution in [-0.4, -0.2) is 32.3 Å². The Morgan fingerprint density at radius 1 is 1.18 bits per heavy atom. The van der Waals surface area contributed by atoms with E-state index >= 15 is 0 Å². The molecule has 0 aliphatic carbocycles. The fraction of sp³-hybridized carbons (Fsp3) is 0.304. The summed E-state index contributed by atoms with van der Waals surface area (Å²) in [4.78, 5) is 25.2. The van der Waals surface area contributed by atoms with E-state index < -0.39 is 0 Å². The van der Waals surface area contributed by atoms with Crippen molar-refractivity contribution in [2.45, 2.75) is 32.0 Å². The molecule has 1 aromatic heterocycles. The van der Waals surface area contributed by atoms with Crippen LogP contribution in [-0.2, 0) is 11.8 Å². The van der Waals surface area contributed by atoms with Crippen LogP contribution in [0.3, 0.4) is 0 Å². The van der Waals surface area contributed by atoms with Crippen molar-refractivity contribution in [3.63, 3.8) is 0 Å². The average Bonchev–Trinajstić information content (AvgIpc) is 3.13. The lowest BCUT2D eigenvalue weighted by Gasteiger charge is -2.22. The largest absolute Gasteiger partial charge is 0.342 e. The van der Waals surface area contributed by atoms with Crippen LogP contribution in [0, 0.1) is 12.8 Å². The molecule has 0 fully saturated rings. The van der Waals surface area contributed by atoms with Crippen molar-refractivity contribution in [1.82, 2.24) is 20.1 Å². The molecule has 1 atom stereocenters. The summed E-state index contributed by atoms with van der Waals surface area (Å²) in [6, 6.07) is 12.2. The molecule has 33 heavy (non-hydrogen) atoms. The molecule has 1 heterocycles. The molecule has 0 spiro atoms. The van der Waals surface area contributed by atoms with Crippen molar-refractivity contribution in [2.75, 3.05) is 11.1 Å². The van der Waals surface area contributed by atoms with Gasteiger partial charge in [0, 0.05) is 17.2 Å². The number of rotatable bonds is 8. The maximum atomic E-state index is 12.8. The molecule has 7 nitrogen and oxygen atoms in total. The van der Waals surface area contributed by atoms with Crippen molar-refractivity contribution >= 4 is 56.8 Å². The first-order valence-corrected chi connectivity index (χ1v) is 12.5. The molecule has 2 N–H and O–H groups in total. The van der Waals surface area contributed by atoms with Gasteiger partial charge < -0.3 is 15.2 Å². The highest BCUT2D eigenvalue weighted by Gasteiger charge is 2.26. The molecule has 2 amide bonds. The van der Waals surface area contributed by atoms with Crippen LogP contribution in [0.5, 0.6) is 0 Å². The Balaban J connectivity index is 1.67. The van der Waals surface area contributed by atoms with Crippen LogP contribution in [0.4, 0.5) is 5.69 Å². The van der Waals surface area contributed by atoms with Gasteiger partial charge in [-0.2, -0.15) is 0 Å². The van der Waals surface area contributed by atoms with Gasteiger partial charge in [-0.05, 0) is 48.7 Å². The van der Waals surface area contributed by atoms with Crippen molar-refractivity contribution < 1.29 is 9.59 Å². The van der Waals surface area contributed by atoms with Crippen LogP contribution in [0.25, 0.3) is 0 Å². The molecule has 10 heteroatoms. The van der Waals surface area contributed by atoms with E-state index in [9.17, 15) is 9.59 Å². The Morgan fingerprint density at radius 2 is 1.91 bits per heavy atom. The molecule has 0 unspecified atom stereocenters. The highest BCUT2D eigenvalue weighted by atomic mass is 79.9. The van der Waals surface area contributed by atoms with E-state index in [1.807, 2.05) is 46.0 Å². The minimum atomic E-state index is -0.375. The van der Waals surface area contributed by atoms with Gasteiger partial charge in [0.25, 0.3) is 5.91 Å². The zero-order valence-corrected chi connectivity index (χ0v) is 21.9. The first-order chi connectivity index (χ1) is 15.7. The standard InChI is InChI=1S/C23H25BrClN5O2S/c1-13(2)20(27-22(32)16-7-5-6-8-18(16)25)21-28-29-23(30(21)4)33-12-19(31)26-15-9-10-17(24)14(3)11-15/h5-11,13,20H,12H2,1-4H3,(H,26,31)(H,27,32)/t20-/m0/s1. The lowest BCUT2D eigenvalue weighted by atomic mass is 10.0. The summed E-state index contributed by atoms with van der Waals surface area (Å²) in [6.45, 7) is 5.95. The van der Waals surface area contributed by atoms with Gasteiger partial charge in [0.05, 0.1) is 22.4 Å². The third-order valence-electron chi connectivity index (χ3n) is 4.99. The number of aryl methyl sites for hydroxylation is 1. The van der Waals surface area contributed by atoms with Gasteiger partial charge in [0.1, 0.15) is 0 Å². The number of aromatic nitrogens is 3. The smallest absolute Gasteiger partial charge is 0.253 e. The summed E-state index contributed by atoms with van der Waals surface area (Å²) in [5, 5.41) is 15.4. The van der Waals surface area contributed by atoms with Crippen LogP contribution >= 0.6 is 39.3 Å². The number of thioether (sulfide) groups is 1. The van der Waals surface area contributed by atoms with Crippen molar-refractivity contribution in [2.24, 2.45) is 13.0 Å². The second-order valence-corrected chi connectivity index (χ2v) is 10.1.